The van der Waals surface area contributed by atoms with Crippen molar-refractivity contribution in [2.75, 3.05) is 5.32 Å². The summed E-state index contributed by atoms with van der Waals surface area (Å²) in [5.74, 6) is -3.24. The number of aromatic carboxylic acids is 1. The van der Waals surface area contributed by atoms with E-state index in [0.717, 1.165) is 12.1 Å². The van der Waals surface area contributed by atoms with Crippen molar-refractivity contribution in [3.8, 4) is 0 Å². The van der Waals surface area contributed by atoms with Gasteiger partial charge in [0.2, 0.25) is 0 Å². The fourth-order valence-corrected chi connectivity index (χ4v) is 1.90. The summed E-state index contributed by atoms with van der Waals surface area (Å²) >= 11 is 5.60. The van der Waals surface area contributed by atoms with Crippen LogP contribution in [0.2, 0.25) is 5.02 Å². The Balaban J connectivity index is 2.43. The van der Waals surface area contributed by atoms with Crippen molar-refractivity contribution in [1.29, 1.82) is 0 Å². The zero-order valence-electron chi connectivity index (χ0n) is 10.9. The zero-order chi connectivity index (χ0) is 15.6. The molecule has 0 bridgehead atoms. The van der Waals surface area contributed by atoms with Crippen molar-refractivity contribution in [2.24, 2.45) is 0 Å². The lowest BCUT2D eigenvalue weighted by Gasteiger charge is -2.09. The molecule has 0 aliphatic rings. The normalized spacial score (nSPS) is 10.2. The van der Waals surface area contributed by atoms with Crippen LogP contribution in [-0.4, -0.2) is 22.0 Å². The van der Waals surface area contributed by atoms with E-state index >= 15 is 0 Å². The maximum Gasteiger partial charge on any atom is 0.336 e. The van der Waals surface area contributed by atoms with E-state index in [4.69, 9.17) is 16.7 Å². The van der Waals surface area contributed by atoms with E-state index < -0.39 is 28.8 Å². The summed E-state index contributed by atoms with van der Waals surface area (Å²) in [6.45, 7) is 1.72. The molecule has 1 heterocycles. The first-order valence-corrected chi connectivity index (χ1v) is 6.24. The van der Waals surface area contributed by atoms with Gasteiger partial charge in [-0.2, -0.15) is 0 Å². The lowest BCUT2D eigenvalue weighted by Crippen LogP contribution is -2.19. The zero-order valence-corrected chi connectivity index (χ0v) is 11.6. The Morgan fingerprint density at radius 1 is 1.29 bits per heavy atom. The molecule has 0 spiro atoms. The Hall–Kier alpha value is -2.47. The highest BCUT2D eigenvalue weighted by Gasteiger charge is 2.23. The average Bonchev–Trinajstić information content (AvgIpc) is 2.41. The Labute approximate surface area is 124 Å². The molecule has 7 heteroatoms. The lowest BCUT2D eigenvalue weighted by molar-refractivity contribution is 0.0691. The summed E-state index contributed by atoms with van der Waals surface area (Å²) in [4.78, 5) is 27.2. The van der Waals surface area contributed by atoms with Gasteiger partial charge < -0.3 is 10.4 Å². The van der Waals surface area contributed by atoms with Crippen LogP contribution in [0, 0.1) is 12.7 Å². The van der Waals surface area contributed by atoms with Crippen molar-refractivity contribution in [2.45, 2.75) is 6.92 Å². The Morgan fingerprint density at radius 2 is 2.00 bits per heavy atom. The first-order chi connectivity index (χ1) is 9.90. The van der Waals surface area contributed by atoms with Crippen LogP contribution in [0.1, 0.15) is 26.4 Å². The van der Waals surface area contributed by atoms with Crippen molar-refractivity contribution < 1.29 is 19.1 Å². The number of hydrogen-bond donors (Lipinski definition) is 2. The highest BCUT2D eigenvalue weighted by atomic mass is 35.5. The van der Waals surface area contributed by atoms with Gasteiger partial charge in [0.1, 0.15) is 5.82 Å². The SMILES string of the molecule is Cc1cccc(NC(=O)c2c(C(=O)O)ccc(Cl)c2F)n1. The van der Waals surface area contributed by atoms with Gasteiger partial charge in [-0.1, -0.05) is 17.7 Å². The molecule has 0 aliphatic carbocycles. The molecule has 1 amide bonds. The third kappa shape index (κ3) is 3.17. The van der Waals surface area contributed by atoms with E-state index in [1.54, 1.807) is 19.1 Å². The minimum absolute atomic E-state index is 0.190. The van der Waals surface area contributed by atoms with Gasteiger partial charge in [-0.15, -0.1) is 0 Å². The van der Waals surface area contributed by atoms with Crippen LogP contribution in [0.25, 0.3) is 0 Å². The van der Waals surface area contributed by atoms with Crippen molar-refractivity contribution >= 4 is 29.3 Å². The van der Waals surface area contributed by atoms with Crippen LogP contribution in [-0.2, 0) is 0 Å². The second kappa shape index (κ2) is 5.88. The van der Waals surface area contributed by atoms with Crippen LogP contribution in [0.15, 0.2) is 30.3 Å². The molecule has 1 aromatic heterocycles. The molecule has 0 saturated heterocycles. The Kier molecular flexibility index (Phi) is 4.18. The van der Waals surface area contributed by atoms with Gasteiger partial charge in [0.25, 0.3) is 5.91 Å². The number of nitrogens with zero attached hydrogens (tertiary/aromatic N) is 1. The van der Waals surface area contributed by atoms with E-state index in [1.165, 1.54) is 6.07 Å². The molecule has 2 N–H and O–H groups in total. The van der Waals surface area contributed by atoms with Crippen LogP contribution >= 0.6 is 11.6 Å². The van der Waals surface area contributed by atoms with Gasteiger partial charge in [-0.05, 0) is 31.2 Å². The van der Waals surface area contributed by atoms with Gasteiger partial charge in [0.05, 0.1) is 16.1 Å². The smallest absolute Gasteiger partial charge is 0.336 e. The standard InChI is InChI=1S/C14H10ClFN2O3/c1-7-3-2-4-10(17-7)18-13(19)11-8(14(20)21)5-6-9(15)12(11)16/h2-6H,1H3,(H,20,21)(H,17,18,19). The monoisotopic (exact) mass is 308 g/mol. The van der Waals surface area contributed by atoms with Crippen LogP contribution in [0.4, 0.5) is 10.2 Å². The molecule has 2 rings (SSSR count). The Morgan fingerprint density at radius 3 is 2.62 bits per heavy atom. The van der Waals surface area contributed by atoms with Gasteiger partial charge in [0.15, 0.2) is 5.82 Å². The number of carbonyl (C=O) groups excluding carboxylic acids is 1. The van der Waals surface area contributed by atoms with E-state index in [1.807, 2.05) is 0 Å². The first-order valence-electron chi connectivity index (χ1n) is 5.86. The predicted octanol–water partition coefficient (Wildman–Crippen LogP) is 3.13. The molecule has 0 aliphatic heterocycles. The molecule has 5 nitrogen and oxygen atoms in total. The number of aryl methyl sites for hydroxylation is 1. The number of carboxylic acid groups (broad SMARTS) is 1. The van der Waals surface area contributed by atoms with Crippen LogP contribution in [0.5, 0.6) is 0 Å². The molecule has 0 atom stereocenters. The molecule has 108 valence electrons. The highest BCUT2D eigenvalue weighted by Crippen LogP contribution is 2.23. The summed E-state index contributed by atoms with van der Waals surface area (Å²) in [5, 5.41) is 11.1. The first kappa shape index (κ1) is 14.9. The second-order valence-corrected chi connectivity index (χ2v) is 4.61. The minimum Gasteiger partial charge on any atom is -0.478 e. The van der Waals surface area contributed by atoms with E-state index in [2.05, 4.69) is 10.3 Å². The molecule has 0 saturated carbocycles. The number of anilines is 1. The molecule has 2 aromatic rings. The topological polar surface area (TPSA) is 79.3 Å². The molecular formula is C14H10ClFN2O3. The average molecular weight is 309 g/mol. The second-order valence-electron chi connectivity index (χ2n) is 4.21. The number of hydrogen-bond acceptors (Lipinski definition) is 3. The molecular weight excluding hydrogens is 299 g/mol. The molecule has 0 fully saturated rings. The number of benzene rings is 1. The maximum atomic E-state index is 14.0. The number of halogens is 2. The van der Waals surface area contributed by atoms with E-state index in [9.17, 15) is 14.0 Å². The molecule has 0 radical (unpaired) electrons. The number of carboxylic acids is 1. The van der Waals surface area contributed by atoms with Crippen LogP contribution < -0.4 is 5.32 Å². The largest absolute Gasteiger partial charge is 0.478 e. The van der Waals surface area contributed by atoms with E-state index in [-0.39, 0.29) is 10.8 Å². The lowest BCUT2D eigenvalue weighted by atomic mass is 10.1. The molecule has 1 aromatic carbocycles. The third-order valence-corrected chi connectivity index (χ3v) is 2.97. The van der Waals surface area contributed by atoms with Crippen molar-refractivity contribution in [1.82, 2.24) is 4.98 Å². The number of rotatable bonds is 3. The summed E-state index contributed by atoms with van der Waals surface area (Å²) in [6.07, 6.45) is 0. The summed E-state index contributed by atoms with van der Waals surface area (Å²) < 4.78 is 14.0. The number of carbonyl (C=O) groups is 2. The van der Waals surface area contributed by atoms with E-state index in [0.29, 0.717) is 5.69 Å². The highest BCUT2D eigenvalue weighted by molar-refractivity contribution is 6.31. The number of nitrogens with one attached hydrogen (secondary N) is 1. The van der Waals surface area contributed by atoms with Gasteiger partial charge in [-0.25, -0.2) is 14.2 Å². The Bertz CT molecular complexity index is 734. The van der Waals surface area contributed by atoms with Gasteiger partial charge in [0, 0.05) is 5.69 Å². The molecule has 0 unspecified atom stereocenters. The molecule has 21 heavy (non-hydrogen) atoms. The number of aromatic nitrogens is 1. The fraction of sp³-hybridized carbons (Fsp3) is 0.0714. The number of pyridine rings is 1. The maximum absolute atomic E-state index is 14.0. The van der Waals surface area contributed by atoms with Gasteiger partial charge in [-0.3, -0.25) is 4.79 Å². The quantitative estimate of drug-likeness (QED) is 0.913. The van der Waals surface area contributed by atoms with Crippen molar-refractivity contribution in [3.05, 3.63) is 58.0 Å². The van der Waals surface area contributed by atoms with Crippen LogP contribution in [0.3, 0.4) is 0 Å². The third-order valence-electron chi connectivity index (χ3n) is 2.68. The summed E-state index contributed by atoms with van der Waals surface area (Å²) in [5.41, 5.74) is -0.446. The predicted molar refractivity (Wildman–Crippen MR) is 75.3 cm³/mol. The van der Waals surface area contributed by atoms with Gasteiger partial charge >= 0.3 is 5.97 Å². The van der Waals surface area contributed by atoms with Crippen molar-refractivity contribution in [3.63, 3.8) is 0 Å². The fourth-order valence-electron chi connectivity index (χ4n) is 1.74. The summed E-state index contributed by atoms with van der Waals surface area (Å²) in [7, 11) is 0. The number of amides is 1. The summed E-state index contributed by atoms with van der Waals surface area (Å²) in [6, 6.07) is 7.05. The minimum atomic E-state index is -1.42.